The molecule has 1 amide bonds. The molecule has 0 saturated carbocycles. The molecule has 1 aliphatic rings. The molecule has 1 atom stereocenters. The summed E-state index contributed by atoms with van der Waals surface area (Å²) in [6.07, 6.45) is 5.94. The lowest BCUT2D eigenvalue weighted by Gasteiger charge is -2.16. The van der Waals surface area contributed by atoms with Crippen molar-refractivity contribution in [2.75, 3.05) is 0 Å². The highest BCUT2D eigenvalue weighted by molar-refractivity contribution is 5.90. The number of nitrogens with zero attached hydrogens (tertiary/aromatic N) is 4. The summed E-state index contributed by atoms with van der Waals surface area (Å²) in [6, 6.07) is 11.9. The maximum Gasteiger partial charge on any atom is 0.346 e. The Morgan fingerprint density at radius 3 is 2.94 bits per heavy atom. The molecule has 1 aliphatic heterocycles. The highest BCUT2D eigenvalue weighted by atomic mass is 16.2. The summed E-state index contributed by atoms with van der Waals surface area (Å²) >= 11 is 0. The van der Waals surface area contributed by atoms with Crippen LogP contribution in [0.15, 0.2) is 53.6 Å². The fraction of sp³-hybridized carbons (Fsp3) is 0.333. The summed E-state index contributed by atoms with van der Waals surface area (Å²) in [5, 5.41) is 8.82. The van der Waals surface area contributed by atoms with E-state index in [0.29, 0.717) is 32.4 Å². The number of amides is 1. The zero-order chi connectivity index (χ0) is 22.1. The minimum Gasteiger partial charge on any atom is -0.358 e. The first-order valence-corrected chi connectivity index (χ1v) is 11.0. The molecule has 4 heterocycles. The summed E-state index contributed by atoms with van der Waals surface area (Å²) in [5.74, 6) is 0.791. The molecule has 0 fully saturated rings. The van der Waals surface area contributed by atoms with Crippen LogP contribution in [0.4, 0.5) is 0 Å². The second-order valence-corrected chi connectivity index (χ2v) is 8.41. The van der Waals surface area contributed by atoms with Gasteiger partial charge in [0, 0.05) is 48.0 Å². The highest BCUT2D eigenvalue weighted by Crippen LogP contribution is 2.22. The molecule has 3 aromatic heterocycles. The van der Waals surface area contributed by atoms with E-state index in [-0.39, 0.29) is 17.6 Å². The van der Waals surface area contributed by atoms with Crippen molar-refractivity contribution in [2.45, 2.75) is 51.7 Å². The SMILES string of the molecule is Cc1[nH]c2ccccc2c1CC(=O)NC1CCc2nn(Cc3cccnc3)c(=O)n2CC1. The zero-order valence-electron chi connectivity index (χ0n) is 18.0. The lowest BCUT2D eigenvalue weighted by Crippen LogP contribution is -2.36. The monoisotopic (exact) mass is 430 g/mol. The van der Waals surface area contributed by atoms with Crippen LogP contribution in [0.2, 0.25) is 0 Å². The molecule has 0 saturated heterocycles. The molecule has 32 heavy (non-hydrogen) atoms. The fourth-order valence-corrected chi connectivity index (χ4v) is 4.54. The lowest BCUT2D eigenvalue weighted by atomic mass is 10.1. The number of fused-ring (bicyclic) bond motifs is 2. The first kappa shape index (κ1) is 20.2. The number of carbonyl (C=O) groups excluding carboxylic acids is 1. The minimum atomic E-state index is -0.106. The highest BCUT2D eigenvalue weighted by Gasteiger charge is 2.23. The van der Waals surface area contributed by atoms with E-state index < -0.39 is 0 Å². The molecule has 0 aliphatic carbocycles. The van der Waals surface area contributed by atoms with Gasteiger partial charge in [0.15, 0.2) is 0 Å². The van der Waals surface area contributed by atoms with Crippen LogP contribution in [0, 0.1) is 6.92 Å². The summed E-state index contributed by atoms with van der Waals surface area (Å²) < 4.78 is 3.25. The van der Waals surface area contributed by atoms with Crippen molar-refractivity contribution < 1.29 is 4.79 Å². The second-order valence-electron chi connectivity index (χ2n) is 8.41. The number of hydrogen-bond donors (Lipinski definition) is 2. The first-order chi connectivity index (χ1) is 15.6. The van der Waals surface area contributed by atoms with Crippen molar-refractivity contribution in [3.05, 3.63) is 81.9 Å². The Morgan fingerprint density at radius 1 is 1.22 bits per heavy atom. The number of H-pyrrole nitrogens is 1. The van der Waals surface area contributed by atoms with Crippen LogP contribution in [-0.4, -0.2) is 36.3 Å². The van der Waals surface area contributed by atoms with Crippen molar-refractivity contribution in [2.24, 2.45) is 0 Å². The largest absolute Gasteiger partial charge is 0.358 e. The van der Waals surface area contributed by atoms with Gasteiger partial charge in [0.1, 0.15) is 5.82 Å². The zero-order valence-corrected chi connectivity index (χ0v) is 18.0. The van der Waals surface area contributed by atoms with Crippen molar-refractivity contribution in [3.8, 4) is 0 Å². The molecule has 5 rings (SSSR count). The van der Waals surface area contributed by atoms with Gasteiger partial charge in [0.25, 0.3) is 0 Å². The van der Waals surface area contributed by atoms with Gasteiger partial charge in [0.05, 0.1) is 13.0 Å². The van der Waals surface area contributed by atoms with Crippen molar-refractivity contribution in [1.82, 2.24) is 29.6 Å². The van der Waals surface area contributed by atoms with E-state index in [2.05, 4.69) is 20.4 Å². The Hall–Kier alpha value is -3.68. The van der Waals surface area contributed by atoms with Gasteiger partial charge in [-0.15, -0.1) is 0 Å². The molecular formula is C24H26N6O2. The molecular weight excluding hydrogens is 404 g/mol. The second kappa shape index (κ2) is 8.45. The Kier molecular flexibility index (Phi) is 5.34. The van der Waals surface area contributed by atoms with Gasteiger partial charge in [-0.2, -0.15) is 5.10 Å². The van der Waals surface area contributed by atoms with Crippen LogP contribution in [0.3, 0.4) is 0 Å². The summed E-state index contributed by atoms with van der Waals surface area (Å²) in [7, 11) is 0. The number of benzene rings is 1. The first-order valence-electron chi connectivity index (χ1n) is 11.0. The maximum atomic E-state index is 12.8. The van der Waals surface area contributed by atoms with Crippen LogP contribution in [0.25, 0.3) is 10.9 Å². The molecule has 1 unspecified atom stereocenters. The average Bonchev–Trinajstić information content (AvgIpc) is 3.17. The van der Waals surface area contributed by atoms with Crippen LogP contribution in [0.1, 0.15) is 35.5 Å². The minimum absolute atomic E-state index is 0.0105. The van der Waals surface area contributed by atoms with E-state index >= 15 is 0 Å². The predicted octanol–water partition coefficient (Wildman–Crippen LogP) is 2.34. The van der Waals surface area contributed by atoms with Gasteiger partial charge < -0.3 is 10.3 Å². The van der Waals surface area contributed by atoms with E-state index in [1.165, 1.54) is 4.68 Å². The van der Waals surface area contributed by atoms with Crippen LogP contribution >= 0.6 is 0 Å². The van der Waals surface area contributed by atoms with E-state index in [4.69, 9.17) is 0 Å². The van der Waals surface area contributed by atoms with Gasteiger partial charge in [-0.3, -0.25) is 14.3 Å². The van der Waals surface area contributed by atoms with Gasteiger partial charge in [0.2, 0.25) is 5.91 Å². The molecule has 0 bridgehead atoms. The average molecular weight is 431 g/mol. The standard InChI is InChI=1S/C24H26N6O2/c1-16-20(19-6-2-3-7-21(19)26-16)13-23(31)27-18-8-9-22-28-30(24(32)29(22)12-10-18)15-17-5-4-11-25-14-17/h2-7,11,14,18,26H,8-10,12-13,15H2,1H3,(H,27,31). The van der Waals surface area contributed by atoms with E-state index in [9.17, 15) is 9.59 Å². The van der Waals surface area contributed by atoms with Crippen molar-refractivity contribution >= 4 is 16.8 Å². The van der Waals surface area contributed by atoms with E-state index in [1.807, 2.05) is 43.3 Å². The number of hydrogen-bond acceptors (Lipinski definition) is 4. The van der Waals surface area contributed by atoms with E-state index in [0.717, 1.165) is 40.0 Å². The van der Waals surface area contributed by atoms with E-state index in [1.54, 1.807) is 17.0 Å². The molecule has 164 valence electrons. The predicted molar refractivity (Wildman–Crippen MR) is 121 cm³/mol. The Morgan fingerprint density at radius 2 is 2.09 bits per heavy atom. The topological polar surface area (TPSA) is 97.6 Å². The molecule has 1 aromatic carbocycles. The quantitative estimate of drug-likeness (QED) is 0.508. The van der Waals surface area contributed by atoms with Gasteiger partial charge in [-0.1, -0.05) is 24.3 Å². The molecule has 0 radical (unpaired) electrons. The summed E-state index contributed by atoms with van der Waals surface area (Å²) in [6.45, 7) is 2.97. The molecule has 8 nitrogen and oxygen atoms in total. The molecule has 4 aromatic rings. The number of aromatic amines is 1. The molecule has 0 spiro atoms. The summed E-state index contributed by atoms with van der Waals surface area (Å²) in [5.41, 5.74) is 3.95. The van der Waals surface area contributed by atoms with Gasteiger partial charge in [-0.25, -0.2) is 9.48 Å². The number of nitrogens with one attached hydrogen (secondary N) is 2. The van der Waals surface area contributed by atoms with Crippen molar-refractivity contribution in [3.63, 3.8) is 0 Å². The third-order valence-corrected chi connectivity index (χ3v) is 6.20. The maximum absolute atomic E-state index is 12.8. The fourth-order valence-electron chi connectivity index (χ4n) is 4.54. The Labute approximate surface area is 185 Å². The molecule has 8 heteroatoms. The number of pyridine rings is 1. The number of rotatable bonds is 5. The lowest BCUT2D eigenvalue weighted by molar-refractivity contribution is -0.121. The number of aryl methyl sites for hydroxylation is 2. The summed E-state index contributed by atoms with van der Waals surface area (Å²) in [4.78, 5) is 33.1. The van der Waals surface area contributed by atoms with Crippen LogP contribution in [0.5, 0.6) is 0 Å². The Balaban J connectivity index is 1.24. The van der Waals surface area contributed by atoms with Crippen LogP contribution < -0.4 is 11.0 Å². The van der Waals surface area contributed by atoms with Gasteiger partial charge >= 0.3 is 5.69 Å². The molecule has 2 N–H and O–H groups in total. The number of aromatic nitrogens is 5. The van der Waals surface area contributed by atoms with Crippen LogP contribution in [-0.2, 0) is 30.7 Å². The smallest absolute Gasteiger partial charge is 0.346 e. The van der Waals surface area contributed by atoms with Gasteiger partial charge in [-0.05, 0) is 43.0 Å². The normalized spacial score (nSPS) is 16.0. The number of carbonyl (C=O) groups is 1. The third kappa shape index (κ3) is 3.95. The van der Waals surface area contributed by atoms with Crippen molar-refractivity contribution in [1.29, 1.82) is 0 Å². The number of para-hydroxylation sites is 1. The third-order valence-electron chi connectivity index (χ3n) is 6.20. The Bertz CT molecular complexity index is 1320.